The highest BCUT2D eigenvalue weighted by atomic mass is 19.3. The number of alkyl halides is 2. The molecule has 0 aliphatic carbocycles. The second-order valence-electron chi connectivity index (χ2n) is 9.59. The number of hydrogen-bond donors (Lipinski definition) is 0. The summed E-state index contributed by atoms with van der Waals surface area (Å²) in [6.45, 7) is -0.152. The number of Topliss-reactive ketones (excluding diaryl/α,β-unsaturated/α-hetero) is 1. The fourth-order valence-electron chi connectivity index (χ4n) is 5.05. The molecule has 1 saturated heterocycles. The lowest BCUT2D eigenvalue weighted by Crippen LogP contribution is -2.36. The first-order valence-corrected chi connectivity index (χ1v) is 12.0. The largest absolute Gasteiger partial charge is 0.341 e. The summed E-state index contributed by atoms with van der Waals surface area (Å²) in [5.41, 5.74) is 4.43. The molecule has 1 fully saturated rings. The van der Waals surface area contributed by atoms with E-state index in [1.165, 1.54) is 6.20 Å². The average molecular weight is 503 g/mol. The molecule has 2 aromatic carbocycles. The summed E-state index contributed by atoms with van der Waals surface area (Å²) in [6.07, 6.45) is 1.16. The molecular formula is C28H24F2N4O3. The summed E-state index contributed by atoms with van der Waals surface area (Å²) in [6, 6.07) is 13.4. The number of aromatic nitrogens is 1. The van der Waals surface area contributed by atoms with Crippen molar-refractivity contribution < 1.29 is 23.2 Å². The number of likely N-dealkylation sites (N-methyl/N-ethyl adjacent to an activating group) is 1. The number of nitriles is 1. The molecule has 5 rings (SSSR count). The zero-order valence-corrected chi connectivity index (χ0v) is 20.2. The van der Waals surface area contributed by atoms with Crippen molar-refractivity contribution >= 4 is 28.5 Å². The van der Waals surface area contributed by atoms with Crippen molar-refractivity contribution in [3.63, 3.8) is 0 Å². The molecule has 0 N–H and O–H groups in total. The molecule has 2 aliphatic rings. The maximum Gasteiger partial charge on any atom is 0.268 e. The van der Waals surface area contributed by atoms with Crippen LogP contribution in [0.5, 0.6) is 0 Å². The van der Waals surface area contributed by atoms with Gasteiger partial charge in [0.05, 0.1) is 18.1 Å². The zero-order chi connectivity index (χ0) is 26.3. The Kier molecular flexibility index (Phi) is 6.20. The number of carbonyl (C=O) groups is 3. The van der Waals surface area contributed by atoms with Gasteiger partial charge in [0.1, 0.15) is 6.04 Å². The molecule has 37 heavy (non-hydrogen) atoms. The van der Waals surface area contributed by atoms with Gasteiger partial charge >= 0.3 is 0 Å². The molecule has 0 saturated carbocycles. The molecule has 188 valence electrons. The Hall–Kier alpha value is -4.19. The molecule has 1 atom stereocenters. The number of ketones is 1. The number of likely N-dealkylation sites (tertiary alicyclic amines) is 1. The van der Waals surface area contributed by atoms with Gasteiger partial charge in [-0.05, 0) is 47.4 Å². The first kappa shape index (κ1) is 24.5. The summed E-state index contributed by atoms with van der Waals surface area (Å²) >= 11 is 0. The van der Waals surface area contributed by atoms with Crippen LogP contribution in [0.4, 0.5) is 8.78 Å². The van der Waals surface area contributed by atoms with E-state index in [0.717, 1.165) is 28.0 Å². The summed E-state index contributed by atoms with van der Waals surface area (Å²) in [7, 11) is 1.78. The summed E-state index contributed by atoms with van der Waals surface area (Å²) in [5, 5.41) is 9.75. The van der Waals surface area contributed by atoms with Crippen molar-refractivity contribution in [2.24, 2.45) is 0 Å². The second kappa shape index (κ2) is 9.36. The number of halogens is 2. The molecule has 0 spiro atoms. The molecule has 2 aliphatic heterocycles. The molecule has 2 amide bonds. The Morgan fingerprint density at radius 3 is 2.68 bits per heavy atom. The van der Waals surface area contributed by atoms with Crippen molar-refractivity contribution in [3.05, 3.63) is 65.4 Å². The number of carbonyl (C=O) groups excluding carboxylic acids is 3. The highest BCUT2D eigenvalue weighted by Crippen LogP contribution is 2.33. The van der Waals surface area contributed by atoms with Gasteiger partial charge in [0.15, 0.2) is 5.78 Å². The van der Waals surface area contributed by atoms with Gasteiger partial charge in [-0.3, -0.25) is 19.4 Å². The van der Waals surface area contributed by atoms with E-state index in [2.05, 4.69) is 4.98 Å². The highest BCUT2D eigenvalue weighted by Gasteiger charge is 2.47. The van der Waals surface area contributed by atoms with Gasteiger partial charge in [-0.15, -0.1) is 0 Å². The normalized spacial score (nSPS) is 18.5. The minimum atomic E-state index is -3.10. The summed E-state index contributed by atoms with van der Waals surface area (Å²) < 4.78 is 27.4. The third-order valence-corrected chi connectivity index (χ3v) is 7.08. The maximum absolute atomic E-state index is 13.7. The fourth-order valence-corrected chi connectivity index (χ4v) is 5.05. The molecule has 9 heteroatoms. The van der Waals surface area contributed by atoms with Crippen LogP contribution >= 0.6 is 0 Å². The second-order valence-corrected chi connectivity index (χ2v) is 9.59. The predicted molar refractivity (Wildman–Crippen MR) is 132 cm³/mol. The van der Waals surface area contributed by atoms with Crippen molar-refractivity contribution in [3.8, 4) is 17.2 Å². The van der Waals surface area contributed by atoms with Crippen LogP contribution < -0.4 is 0 Å². The lowest BCUT2D eigenvalue weighted by atomic mass is 9.93. The van der Waals surface area contributed by atoms with Crippen LogP contribution in [0.3, 0.4) is 0 Å². The van der Waals surface area contributed by atoms with Crippen LogP contribution in [0.25, 0.3) is 22.0 Å². The molecule has 7 nitrogen and oxygen atoms in total. The first-order valence-electron chi connectivity index (χ1n) is 12.0. The minimum absolute atomic E-state index is 0.00307. The Balaban J connectivity index is 1.38. The van der Waals surface area contributed by atoms with Crippen LogP contribution in [0, 0.1) is 11.3 Å². The van der Waals surface area contributed by atoms with Crippen molar-refractivity contribution in [2.45, 2.75) is 37.6 Å². The van der Waals surface area contributed by atoms with Crippen LogP contribution in [0.1, 0.15) is 45.5 Å². The lowest BCUT2D eigenvalue weighted by molar-refractivity contribution is -0.132. The number of fused-ring (bicyclic) bond motifs is 2. The van der Waals surface area contributed by atoms with Crippen molar-refractivity contribution in [1.29, 1.82) is 5.26 Å². The molecule has 3 heterocycles. The van der Waals surface area contributed by atoms with E-state index < -0.39 is 30.8 Å². The third kappa shape index (κ3) is 4.67. The number of hydrogen-bond acceptors (Lipinski definition) is 5. The maximum atomic E-state index is 13.7. The van der Waals surface area contributed by atoms with E-state index in [9.17, 15) is 23.2 Å². The van der Waals surface area contributed by atoms with E-state index in [4.69, 9.17) is 5.26 Å². The molecule has 3 aromatic rings. The van der Waals surface area contributed by atoms with Crippen molar-refractivity contribution in [2.75, 3.05) is 20.1 Å². The Labute approximate surface area is 212 Å². The quantitative estimate of drug-likeness (QED) is 0.486. The Morgan fingerprint density at radius 2 is 1.89 bits per heavy atom. The monoisotopic (exact) mass is 502 g/mol. The van der Waals surface area contributed by atoms with E-state index in [1.54, 1.807) is 24.1 Å². The summed E-state index contributed by atoms with van der Waals surface area (Å²) in [4.78, 5) is 45.0. The number of amides is 2. The van der Waals surface area contributed by atoms with Gasteiger partial charge in [-0.25, -0.2) is 8.78 Å². The molecule has 0 radical (unpaired) electrons. The lowest BCUT2D eigenvalue weighted by Gasteiger charge is -2.25. The number of rotatable bonds is 5. The first-order chi connectivity index (χ1) is 17.7. The molecule has 0 unspecified atom stereocenters. The minimum Gasteiger partial charge on any atom is -0.341 e. The van der Waals surface area contributed by atoms with Crippen LogP contribution in [0.15, 0.2) is 48.7 Å². The standard InChI is InChI=1S/C28H24F2N4O3/c1-33-11-9-19-12-17(2-4-21(19)27(33)37)18-3-5-24-23(13-18)22(8-10-32-24)25(35)6-7-26(36)34-16-28(29,30)14-20(34)15-31/h2-5,8,10,12-13,20H,6-7,9,11,14,16H2,1H3/t20-/m0/s1. The van der Waals surface area contributed by atoms with Crippen molar-refractivity contribution in [1.82, 2.24) is 14.8 Å². The third-order valence-electron chi connectivity index (χ3n) is 7.08. The highest BCUT2D eigenvalue weighted by molar-refractivity contribution is 6.08. The van der Waals surface area contributed by atoms with Gasteiger partial charge in [-0.2, -0.15) is 5.26 Å². The number of nitrogens with zero attached hydrogens (tertiary/aromatic N) is 4. The van der Waals surface area contributed by atoms with E-state index >= 15 is 0 Å². The number of pyridine rings is 1. The fraction of sp³-hybridized carbons (Fsp3) is 0.321. The van der Waals surface area contributed by atoms with Crippen LogP contribution in [-0.4, -0.2) is 64.5 Å². The Morgan fingerprint density at radius 1 is 1.14 bits per heavy atom. The molecule has 1 aromatic heterocycles. The van der Waals surface area contributed by atoms with E-state index in [1.807, 2.05) is 36.4 Å². The topological polar surface area (TPSA) is 94.4 Å². The zero-order valence-electron chi connectivity index (χ0n) is 20.2. The van der Waals surface area contributed by atoms with Gasteiger partial charge < -0.3 is 9.80 Å². The van der Waals surface area contributed by atoms with Gasteiger partial charge in [-0.1, -0.05) is 18.2 Å². The van der Waals surface area contributed by atoms with Gasteiger partial charge in [0, 0.05) is 55.6 Å². The SMILES string of the molecule is CN1CCc2cc(-c3ccc4nccc(C(=O)CCC(=O)N5CC(F)(F)C[C@H]5C#N)c4c3)ccc2C1=O. The van der Waals surface area contributed by atoms with Gasteiger partial charge in [0.25, 0.3) is 11.8 Å². The van der Waals surface area contributed by atoms with E-state index in [-0.39, 0.29) is 24.5 Å². The van der Waals surface area contributed by atoms with E-state index in [0.29, 0.717) is 28.6 Å². The van der Waals surface area contributed by atoms with Crippen LogP contribution in [-0.2, 0) is 11.2 Å². The Bertz CT molecular complexity index is 1480. The molecule has 0 bridgehead atoms. The summed E-state index contributed by atoms with van der Waals surface area (Å²) in [5.74, 6) is -4.05. The van der Waals surface area contributed by atoms with Gasteiger partial charge in [0.2, 0.25) is 5.91 Å². The smallest absolute Gasteiger partial charge is 0.268 e. The average Bonchev–Trinajstić information content (AvgIpc) is 3.23. The number of benzene rings is 2. The molecular weight excluding hydrogens is 478 g/mol. The van der Waals surface area contributed by atoms with Crippen LogP contribution in [0.2, 0.25) is 0 Å². The predicted octanol–water partition coefficient (Wildman–Crippen LogP) is 4.25.